The van der Waals surface area contributed by atoms with E-state index in [1.54, 1.807) is 0 Å². The van der Waals surface area contributed by atoms with E-state index in [1.807, 2.05) is 12.1 Å². The molecule has 0 N–H and O–H groups in total. The topological polar surface area (TPSA) is 40.8 Å². The van der Waals surface area contributed by atoms with Crippen LogP contribution in [0.4, 0.5) is 0 Å². The Balaban J connectivity index is 1.49. The van der Waals surface area contributed by atoms with Gasteiger partial charge in [-0.25, -0.2) is 4.57 Å². The first-order valence-electron chi connectivity index (χ1n) is 13.6. The van der Waals surface area contributed by atoms with E-state index in [4.69, 9.17) is 4.42 Å². The van der Waals surface area contributed by atoms with Crippen LogP contribution in [0.5, 0.6) is 0 Å². The van der Waals surface area contributed by atoms with Gasteiger partial charge < -0.3 is 4.42 Å². The molecule has 2 unspecified atom stereocenters. The number of nitriles is 1. The van der Waals surface area contributed by atoms with Crippen molar-refractivity contribution in [2.75, 3.05) is 0 Å². The molecule has 182 valence electrons. The number of nitrogens with zero attached hydrogens (tertiary/aromatic N) is 2. The monoisotopic (exact) mass is 483 g/mol. The minimum atomic E-state index is 0.554. The van der Waals surface area contributed by atoms with Gasteiger partial charge in [0.25, 0.3) is 0 Å². The molecule has 2 aromatic heterocycles. The van der Waals surface area contributed by atoms with E-state index < -0.39 is 0 Å². The van der Waals surface area contributed by atoms with Crippen LogP contribution in [-0.2, 0) is 7.05 Å². The normalized spacial score (nSPS) is 20.9. The predicted molar refractivity (Wildman–Crippen MR) is 148 cm³/mol. The molecule has 3 nitrogen and oxygen atoms in total. The second-order valence-electron chi connectivity index (χ2n) is 11.1. The van der Waals surface area contributed by atoms with Gasteiger partial charge in [0.05, 0.1) is 17.2 Å². The van der Waals surface area contributed by atoms with Crippen LogP contribution in [0.1, 0.15) is 54.7 Å². The molecule has 0 radical (unpaired) electrons. The maximum atomic E-state index is 10.2. The summed E-state index contributed by atoms with van der Waals surface area (Å²) in [7, 11) is 2.07. The lowest BCUT2D eigenvalue weighted by Gasteiger charge is -2.18. The molecule has 0 aliphatic heterocycles. The molecule has 2 heterocycles. The molecule has 5 aromatic rings. The summed E-state index contributed by atoms with van der Waals surface area (Å²) in [6.07, 6.45) is 8.77. The van der Waals surface area contributed by atoms with Gasteiger partial charge in [0.1, 0.15) is 18.2 Å². The zero-order valence-electron chi connectivity index (χ0n) is 21.5. The van der Waals surface area contributed by atoms with Gasteiger partial charge in [-0.1, -0.05) is 55.7 Å². The van der Waals surface area contributed by atoms with Crippen LogP contribution in [-0.4, -0.2) is 0 Å². The van der Waals surface area contributed by atoms with Gasteiger partial charge in [-0.15, -0.1) is 0 Å². The molecule has 0 saturated heterocycles. The first-order chi connectivity index (χ1) is 18.1. The molecule has 0 spiro atoms. The van der Waals surface area contributed by atoms with Crippen LogP contribution in [0.25, 0.3) is 44.3 Å². The van der Waals surface area contributed by atoms with E-state index in [9.17, 15) is 5.26 Å². The molecule has 2 saturated carbocycles. The molecule has 2 atom stereocenters. The lowest BCUT2D eigenvalue weighted by Crippen LogP contribution is -2.30. The van der Waals surface area contributed by atoms with Crippen molar-refractivity contribution in [1.82, 2.24) is 0 Å². The highest BCUT2D eigenvalue weighted by molar-refractivity contribution is 6.14. The molecule has 2 aliphatic carbocycles. The average Bonchev–Trinajstić information content (AvgIpc) is 3.62. The third-order valence-corrected chi connectivity index (χ3v) is 9.11. The number of aryl methyl sites for hydroxylation is 2. The van der Waals surface area contributed by atoms with E-state index in [1.165, 1.54) is 43.2 Å². The summed E-state index contributed by atoms with van der Waals surface area (Å²) >= 11 is 0. The van der Waals surface area contributed by atoms with Gasteiger partial charge in [0.15, 0.2) is 6.20 Å². The molecule has 37 heavy (non-hydrogen) atoms. The summed E-state index contributed by atoms with van der Waals surface area (Å²) in [4.78, 5) is 0. The zero-order chi connectivity index (χ0) is 25.1. The van der Waals surface area contributed by atoms with E-state index in [-0.39, 0.29) is 0 Å². The maximum absolute atomic E-state index is 10.2. The highest BCUT2D eigenvalue weighted by Gasteiger charge is 2.38. The second-order valence-corrected chi connectivity index (χ2v) is 11.1. The quantitative estimate of drug-likeness (QED) is 0.243. The highest BCUT2D eigenvalue weighted by atomic mass is 16.3. The number of benzene rings is 3. The minimum Gasteiger partial charge on any atom is -0.454 e. The number of furan rings is 1. The van der Waals surface area contributed by atoms with Crippen molar-refractivity contribution >= 4 is 21.9 Å². The van der Waals surface area contributed by atoms with Crippen molar-refractivity contribution in [3.05, 3.63) is 89.6 Å². The number of rotatable bonds is 3. The fourth-order valence-corrected chi connectivity index (χ4v) is 7.36. The molecule has 2 aliphatic rings. The standard InChI is InChI=1S/C34H31N2O/c1-21-13-15-28-29-16-14-24(20-35)32(34(29)37-33(28)31(21)30-12-5-6-17-36(30)2)27-11-4-3-10-26(27)25-18-22-8-7-9-23(22)19-25/h3-6,10-17,22-23,25H,7-9,18-19H2,1-2H3/q+1. The Morgan fingerprint density at radius 1 is 0.838 bits per heavy atom. The molecule has 2 fully saturated rings. The Bertz CT molecular complexity index is 1710. The average molecular weight is 484 g/mol. The molecule has 7 rings (SSSR count). The van der Waals surface area contributed by atoms with Crippen LogP contribution in [0.15, 0.2) is 77.3 Å². The van der Waals surface area contributed by atoms with Crippen LogP contribution in [0, 0.1) is 30.1 Å². The number of fused-ring (bicyclic) bond motifs is 4. The Morgan fingerprint density at radius 2 is 1.54 bits per heavy atom. The number of pyridine rings is 1. The van der Waals surface area contributed by atoms with Gasteiger partial charge in [-0.3, -0.25) is 0 Å². The van der Waals surface area contributed by atoms with Gasteiger partial charge in [-0.05, 0) is 72.4 Å². The van der Waals surface area contributed by atoms with E-state index >= 15 is 0 Å². The van der Waals surface area contributed by atoms with E-state index in [0.29, 0.717) is 11.5 Å². The SMILES string of the molecule is Cc1ccc2c(oc3c(-c4ccccc4C4CC5CCCC5C4)c(C#N)ccc32)c1-c1cccc[n+]1C. The summed E-state index contributed by atoms with van der Waals surface area (Å²) in [5, 5.41) is 12.4. The number of hydrogen-bond acceptors (Lipinski definition) is 2. The molecular weight excluding hydrogens is 452 g/mol. The Kier molecular flexibility index (Phi) is 5.18. The Labute approximate surface area is 218 Å². The second kappa shape index (κ2) is 8.60. The summed E-state index contributed by atoms with van der Waals surface area (Å²) in [6.45, 7) is 2.14. The maximum Gasteiger partial charge on any atom is 0.216 e. The summed E-state index contributed by atoms with van der Waals surface area (Å²) in [5.41, 5.74) is 9.29. The molecule has 3 aromatic carbocycles. The molecular formula is C34H31N2O+. The number of aromatic nitrogens is 1. The fourth-order valence-electron chi connectivity index (χ4n) is 7.36. The van der Waals surface area contributed by atoms with Crippen molar-refractivity contribution in [1.29, 1.82) is 5.26 Å². The van der Waals surface area contributed by atoms with Crippen molar-refractivity contribution in [2.24, 2.45) is 18.9 Å². The van der Waals surface area contributed by atoms with Crippen LogP contribution in [0.3, 0.4) is 0 Å². The first kappa shape index (κ1) is 22.3. The zero-order valence-corrected chi connectivity index (χ0v) is 21.5. The van der Waals surface area contributed by atoms with Crippen molar-refractivity contribution in [2.45, 2.75) is 44.9 Å². The van der Waals surface area contributed by atoms with Gasteiger partial charge in [0, 0.05) is 28.5 Å². The predicted octanol–water partition coefficient (Wildman–Crippen LogP) is 8.22. The van der Waals surface area contributed by atoms with Gasteiger partial charge in [0.2, 0.25) is 5.69 Å². The van der Waals surface area contributed by atoms with Crippen molar-refractivity contribution in [3.8, 4) is 28.5 Å². The molecule has 0 bridgehead atoms. The minimum absolute atomic E-state index is 0.554. The largest absolute Gasteiger partial charge is 0.454 e. The van der Waals surface area contributed by atoms with Gasteiger partial charge >= 0.3 is 0 Å². The lowest BCUT2D eigenvalue weighted by molar-refractivity contribution is -0.660. The third-order valence-electron chi connectivity index (χ3n) is 9.11. The fraction of sp³-hybridized carbons (Fsp3) is 0.294. The lowest BCUT2D eigenvalue weighted by atomic mass is 9.86. The van der Waals surface area contributed by atoms with Crippen LogP contribution in [0.2, 0.25) is 0 Å². The summed E-state index contributed by atoms with van der Waals surface area (Å²) in [6, 6.07) is 25.9. The first-order valence-corrected chi connectivity index (χ1v) is 13.6. The van der Waals surface area contributed by atoms with Crippen molar-refractivity contribution in [3.63, 3.8) is 0 Å². The van der Waals surface area contributed by atoms with Gasteiger partial charge in [-0.2, -0.15) is 5.26 Å². The van der Waals surface area contributed by atoms with E-state index in [0.717, 1.165) is 56.2 Å². The smallest absolute Gasteiger partial charge is 0.216 e. The number of hydrogen-bond donors (Lipinski definition) is 0. The van der Waals surface area contributed by atoms with E-state index in [2.05, 4.69) is 85.4 Å². The third kappa shape index (κ3) is 3.43. The Hall–Kier alpha value is -3.90. The molecule has 3 heteroatoms. The summed E-state index contributed by atoms with van der Waals surface area (Å²) in [5.74, 6) is 2.29. The Morgan fingerprint density at radius 3 is 2.30 bits per heavy atom. The highest BCUT2D eigenvalue weighted by Crippen LogP contribution is 2.52. The van der Waals surface area contributed by atoms with Crippen molar-refractivity contribution < 1.29 is 8.98 Å². The van der Waals surface area contributed by atoms with Crippen LogP contribution >= 0.6 is 0 Å². The summed E-state index contributed by atoms with van der Waals surface area (Å²) < 4.78 is 8.97. The van der Waals surface area contributed by atoms with Crippen LogP contribution < -0.4 is 4.57 Å². The molecule has 0 amide bonds.